The van der Waals surface area contributed by atoms with Crippen LogP contribution < -0.4 is 0 Å². The van der Waals surface area contributed by atoms with Gasteiger partial charge in [0.2, 0.25) is 5.91 Å². The zero-order chi connectivity index (χ0) is 26.5. The van der Waals surface area contributed by atoms with Crippen molar-refractivity contribution in [3.05, 3.63) is 93.2 Å². The van der Waals surface area contributed by atoms with Gasteiger partial charge in [-0.25, -0.2) is 0 Å². The molecule has 5 rings (SSSR count). The summed E-state index contributed by atoms with van der Waals surface area (Å²) in [6.45, 7) is 7.73. The molecule has 2 amide bonds. The topological polar surface area (TPSA) is 43.9 Å². The zero-order valence-electron chi connectivity index (χ0n) is 22.6. The molecule has 2 aromatic carbocycles. The number of carbonyl (C=O) groups is 2. The molecule has 38 heavy (non-hydrogen) atoms. The Morgan fingerprint density at radius 1 is 0.974 bits per heavy atom. The van der Waals surface area contributed by atoms with Crippen LogP contribution in [0.4, 0.5) is 0 Å². The number of nitrogens with zero attached hydrogens (tertiary/aromatic N) is 3. The van der Waals surface area contributed by atoms with Crippen molar-refractivity contribution in [3.8, 4) is 0 Å². The molecule has 2 aliphatic heterocycles. The quantitative estimate of drug-likeness (QED) is 0.370. The summed E-state index contributed by atoms with van der Waals surface area (Å²) in [5.41, 5.74) is 4.70. The molecule has 3 aromatic rings. The van der Waals surface area contributed by atoms with Crippen molar-refractivity contribution in [3.63, 3.8) is 0 Å². The van der Waals surface area contributed by atoms with Crippen molar-refractivity contribution in [1.29, 1.82) is 0 Å². The van der Waals surface area contributed by atoms with Gasteiger partial charge in [-0.3, -0.25) is 14.5 Å². The Bertz CT molecular complexity index is 1220. The van der Waals surface area contributed by atoms with Crippen LogP contribution in [0.3, 0.4) is 0 Å². The number of thiophene rings is 1. The molecule has 1 aromatic heterocycles. The molecule has 5 nitrogen and oxygen atoms in total. The van der Waals surface area contributed by atoms with E-state index in [1.165, 1.54) is 34.4 Å². The van der Waals surface area contributed by atoms with E-state index in [2.05, 4.69) is 72.7 Å². The maximum atomic E-state index is 13.3. The van der Waals surface area contributed by atoms with E-state index in [1.807, 2.05) is 33.3 Å². The maximum absolute atomic E-state index is 13.3. The van der Waals surface area contributed by atoms with Crippen molar-refractivity contribution < 1.29 is 9.59 Å². The second-order valence-electron chi connectivity index (χ2n) is 10.6. The lowest BCUT2D eigenvalue weighted by atomic mass is 9.93. The van der Waals surface area contributed by atoms with Crippen molar-refractivity contribution >= 4 is 23.2 Å². The summed E-state index contributed by atoms with van der Waals surface area (Å²) < 4.78 is 0. The van der Waals surface area contributed by atoms with Gasteiger partial charge in [0.05, 0.1) is 6.04 Å². The minimum absolute atomic E-state index is 0.000358. The molecule has 0 bridgehead atoms. The normalized spacial score (nSPS) is 19.8. The Kier molecular flexibility index (Phi) is 8.60. The van der Waals surface area contributed by atoms with Crippen LogP contribution in [0.2, 0.25) is 0 Å². The molecule has 6 heteroatoms. The fourth-order valence-electron chi connectivity index (χ4n) is 5.88. The second-order valence-corrected chi connectivity index (χ2v) is 11.6. The van der Waals surface area contributed by atoms with Gasteiger partial charge in [0, 0.05) is 55.6 Å². The van der Waals surface area contributed by atoms with Gasteiger partial charge >= 0.3 is 0 Å². The smallest absolute Gasteiger partial charge is 0.254 e. The number of piperazine rings is 1. The predicted molar refractivity (Wildman–Crippen MR) is 155 cm³/mol. The molecular formula is C32H39N3O2S. The molecule has 0 N–H and O–H groups in total. The highest BCUT2D eigenvalue weighted by molar-refractivity contribution is 7.10. The lowest BCUT2D eigenvalue weighted by Crippen LogP contribution is -2.55. The summed E-state index contributed by atoms with van der Waals surface area (Å²) in [4.78, 5) is 34.3. The van der Waals surface area contributed by atoms with Gasteiger partial charge in [0.25, 0.3) is 5.91 Å². The third-order valence-electron chi connectivity index (χ3n) is 8.05. The highest BCUT2D eigenvalue weighted by atomic mass is 32.1. The molecule has 1 fully saturated rings. The summed E-state index contributed by atoms with van der Waals surface area (Å²) >= 11 is 1.84. The minimum atomic E-state index is 0.000358. The fraction of sp³-hybridized carbons (Fsp3) is 0.438. The molecule has 0 radical (unpaired) electrons. The van der Waals surface area contributed by atoms with Crippen molar-refractivity contribution in [2.24, 2.45) is 0 Å². The van der Waals surface area contributed by atoms with E-state index in [9.17, 15) is 9.59 Å². The van der Waals surface area contributed by atoms with Gasteiger partial charge in [-0.05, 0) is 66.5 Å². The monoisotopic (exact) mass is 529 g/mol. The molecule has 3 heterocycles. The summed E-state index contributed by atoms with van der Waals surface area (Å²) in [5, 5.41) is 2.19. The molecule has 2 atom stereocenters. The first-order valence-corrected chi connectivity index (χ1v) is 15.0. The second kappa shape index (κ2) is 12.3. The van der Waals surface area contributed by atoms with Crippen LogP contribution in [-0.2, 0) is 17.6 Å². The van der Waals surface area contributed by atoms with Crippen LogP contribution in [0.25, 0.3) is 0 Å². The van der Waals surface area contributed by atoms with Crippen LogP contribution in [0, 0.1) is 0 Å². The summed E-state index contributed by atoms with van der Waals surface area (Å²) in [5.74, 6) is 0.254. The molecule has 1 saturated heterocycles. The Morgan fingerprint density at radius 3 is 2.50 bits per heavy atom. The number of aryl methyl sites for hydroxylation is 1. The van der Waals surface area contributed by atoms with E-state index >= 15 is 0 Å². The Labute approximate surface area is 231 Å². The van der Waals surface area contributed by atoms with Crippen LogP contribution in [0.5, 0.6) is 0 Å². The number of fused-ring (bicyclic) bond motifs is 1. The summed E-state index contributed by atoms with van der Waals surface area (Å²) in [6.07, 6.45) is 4.94. The lowest BCUT2D eigenvalue weighted by Gasteiger charge is -2.41. The van der Waals surface area contributed by atoms with E-state index < -0.39 is 0 Å². The molecule has 0 spiro atoms. The highest BCUT2D eigenvalue weighted by Crippen LogP contribution is 2.37. The fourth-order valence-corrected chi connectivity index (χ4v) is 6.78. The van der Waals surface area contributed by atoms with Crippen LogP contribution in [-0.4, -0.2) is 65.3 Å². The van der Waals surface area contributed by atoms with Crippen molar-refractivity contribution in [1.82, 2.24) is 14.7 Å². The molecule has 0 saturated carbocycles. The van der Waals surface area contributed by atoms with Crippen molar-refractivity contribution in [2.45, 2.75) is 58.0 Å². The zero-order valence-corrected chi connectivity index (χ0v) is 23.5. The summed E-state index contributed by atoms with van der Waals surface area (Å²) in [6, 6.07) is 21.2. The number of rotatable bonds is 8. The predicted octanol–water partition coefficient (Wildman–Crippen LogP) is 5.80. The molecule has 2 aliphatic rings. The number of benzene rings is 2. The molecular weight excluding hydrogens is 490 g/mol. The molecule has 0 unspecified atom stereocenters. The number of hydrogen-bond acceptors (Lipinski definition) is 4. The van der Waals surface area contributed by atoms with Gasteiger partial charge in [-0.15, -0.1) is 11.3 Å². The number of hydrogen-bond donors (Lipinski definition) is 0. The highest BCUT2D eigenvalue weighted by Gasteiger charge is 2.32. The van der Waals surface area contributed by atoms with Crippen LogP contribution in [0.15, 0.2) is 66.0 Å². The maximum Gasteiger partial charge on any atom is 0.254 e. The largest absolute Gasteiger partial charge is 0.339 e. The molecule has 0 aliphatic carbocycles. The van der Waals surface area contributed by atoms with E-state index in [0.29, 0.717) is 26.1 Å². The Hall–Kier alpha value is -2.96. The lowest BCUT2D eigenvalue weighted by molar-refractivity contribution is -0.134. The SMILES string of the molecule is CCCCc1ccc(C(=O)N2CCN(C(=O)CCN3CCc4sccc4[C@H]3c3ccccc3)C[C@H]2C)cc1. The number of carbonyl (C=O) groups excluding carboxylic acids is 2. The Balaban J connectivity index is 1.17. The van der Waals surface area contributed by atoms with Gasteiger partial charge < -0.3 is 9.80 Å². The standard InChI is InChI=1S/C32H39N3O2S/c1-3-4-8-25-11-13-27(14-12-25)32(37)35-21-20-34(23-24(35)2)30(36)16-19-33-18-15-29-28(17-22-38-29)31(33)26-9-6-5-7-10-26/h5-7,9-14,17,22,24,31H,3-4,8,15-16,18-21,23H2,1-2H3/t24-,31-/m1/s1. The molecule has 200 valence electrons. The van der Waals surface area contributed by atoms with E-state index in [0.717, 1.165) is 31.5 Å². The van der Waals surface area contributed by atoms with E-state index in [-0.39, 0.29) is 23.9 Å². The average Bonchev–Trinajstić information content (AvgIpc) is 3.44. The van der Waals surface area contributed by atoms with Crippen LogP contribution in [0.1, 0.15) is 71.1 Å². The minimum Gasteiger partial charge on any atom is -0.339 e. The summed E-state index contributed by atoms with van der Waals surface area (Å²) in [7, 11) is 0. The van der Waals surface area contributed by atoms with Gasteiger partial charge in [0.15, 0.2) is 0 Å². The number of amides is 2. The first kappa shape index (κ1) is 26.6. The average molecular weight is 530 g/mol. The third kappa shape index (κ3) is 5.87. The van der Waals surface area contributed by atoms with E-state index in [1.54, 1.807) is 0 Å². The van der Waals surface area contributed by atoms with Crippen molar-refractivity contribution in [2.75, 3.05) is 32.7 Å². The van der Waals surface area contributed by atoms with Gasteiger partial charge in [-0.1, -0.05) is 55.8 Å². The van der Waals surface area contributed by atoms with Crippen LogP contribution >= 0.6 is 11.3 Å². The first-order valence-electron chi connectivity index (χ1n) is 14.1. The number of unbranched alkanes of at least 4 members (excludes halogenated alkanes) is 1. The van der Waals surface area contributed by atoms with E-state index in [4.69, 9.17) is 0 Å². The first-order chi connectivity index (χ1) is 18.5. The Morgan fingerprint density at radius 2 is 1.76 bits per heavy atom. The third-order valence-corrected chi connectivity index (χ3v) is 9.05. The van der Waals surface area contributed by atoms with Gasteiger partial charge in [-0.2, -0.15) is 0 Å². The van der Waals surface area contributed by atoms with Gasteiger partial charge in [0.1, 0.15) is 0 Å².